The van der Waals surface area contributed by atoms with Gasteiger partial charge >= 0.3 is 0 Å². The fourth-order valence-corrected chi connectivity index (χ4v) is 2.95. The highest BCUT2D eigenvalue weighted by Gasteiger charge is 2.18. The maximum Gasteiger partial charge on any atom is 0.269 e. The highest BCUT2D eigenvalue weighted by Crippen LogP contribution is 2.16. The van der Waals surface area contributed by atoms with Crippen LogP contribution in [0, 0.1) is 10.1 Å². The minimum absolute atomic E-state index is 0.0863. The molecule has 13 heteroatoms. The molecule has 0 aliphatic rings. The number of para-hydroxylation sites is 1. The van der Waals surface area contributed by atoms with Crippen LogP contribution >= 0.6 is 0 Å². The van der Waals surface area contributed by atoms with E-state index in [0.29, 0.717) is 0 Å². The molecule has 0 aliphatic heterocycles. The molecule has 0 aromatic heterocycles. The van der Waals surface area contributed by atoms with Gasteiger partial charge in [-0.2, -0.15) is 0 Å². The van der Waals surface area contributed by atoms with Crippen LogP contribution in [-0.4, -0.2) is 31.1 Å². The Morgan fingerprint density at radius 3 is 2.17 bits per heavy atom. The monoisotopic (exact) mass is 421 g/mol. The summed E-state index contributed by atoms with van der Waals surface area (Å²) in [5, 5.41) is 23.8. The topological polar surface area (TPSA) is 188 Å². The van der Waals surface area contributed by atoms with Gasteiger partial charge < -0.3 is 15.2 Å². The Kier molecular flexibility index (Phi) is 6.59. The number of nitro benzene ring substituents is 1. The van der Waals surface area contributed by atoms with Crippen molar-refractivity contribution in [3.05, 3.63) is 64.2 Å². The SMILES string of the molecule is O=C(CC(=O)Nc1ccccc1C(=O)[O-])NNS(=O)(=O)c1ccc([N+](=O)[O-])cc1. The van der Waals surface area contributed by atoms with E-state index >= 15 is 0 Å². The second-order valence-electron chi connectivity index (χ2n) is 5.46. The average Bonchev–Trinajstić information content (AvgIpc) is 2.66. The third kappa shape index (κ3) is 5.82. The molecule has 0 bridgehead atoms. The zero-order chi connectivity index (χ0) is 21.6. The third-order valence-corrected chi connectivity index (χ3v) is 4.69. The number of benzene rings is 2. The number of hydrazine groups is 1. The number of nitrogens with zero attached hydrogens (tertiary/aromatic N) is 1. The zero-order valence-corrected chi connectivity index (χ0v) is 15.3. The molecule has 0 heterocycles. The third-order valence-electron chi connectivity index (χ3n) is 3.42. The number of nitro groups is 1. The maximum absolute atomic E-state index is 12.0. The number of aromatic carboxylic acids is 1. The fourth-order valence-electron chi connectivity index (χ4n) is 2.08. The van der Waals surface area contributed by atoms with Crippen LogP contribution in [0.3, 0.4) is 0 Å². The van der Waals surface area contributed by atoms with Gasteiger partial charge in [-0.05, 0) is 18.2 Å². The summed E-state index contributed by atoms with van der Waals surface area (Å²) in [4.78, 5) is 45.9. The summed E-state index contributed by atoms with van der Waals surface area (Å²) in [5.74, 6) is -3.45. The van der Waals surface area contributed by atoms with Gasteiger partial charge in [-0.3, -0.25) is 25.1 Å². The summed E-state index contributed by atoms with van der Waals surface area (Å²) >= 11 is 0. The number of anilines is 1. The Bertz CT molecular complexity index is 1070. The number of sulfonamides is 1. The molecule has 2 rings (SSSR count). The van der Waals surface area contributed by atoms with Crippen LogP contribution < -0.4 is 20.7 Å². The lowest BCUT2D eigenvalue weighted by atomic mass is 10.2. The van der Waals surface area contributed by atoms with Crippen LogP contribution in [0.1, 0.15) is 16.8 Å². The van der Waals surface area contributed by atoms with Gasteiger partial charge in [-0.15, -0.1) is 4.83 Å². The standard InChI is InChI=1S/C16H14N4O8S/c21-14(17-13-4-2-1-3-12(13)16(23)24)9-15(22)18-19-29(27,28)11-7-5-10(6-8-11)20(25)26/h1-8,19H,9H2,(H,17,21)(H,18,22)(H,23,24)/p-1. The molecular formula is C16H13N4O8S-. The van der Waals surface area contributed by atoms with Crippen molar-refractivity contribution in [2.45, 2.75) is 11.3 Å². The van der Waals surface area contributed by atoms with E-state index in [0.717, 1.165) is 24.3 Å². The lowest BCUT2D eigenvalue weighted by Crippen LogP contribution is -2.42. The summed E-state index contributed by atoms with van der Waals surface area (Å²) in [7, 11) is -4.23. The van der Waals surface area contributed by atoms with Crippen LogP contribution in [0.4, 0.5) is 11.4 Å². The fraction of sp³-hybridized carbons (Fsp3) is 0.0625. The molecule has 2 aromatic rings. The summed E-state index contributed by atoms with van der Waals surface area (Å²) < 4.78 is 24.1. The summed E-state index contributed by atoms with van der Waals surface area (Å²) in [6, 6.07) is 9.24. The van der Waals surface area contributed by atoms with Gasteiger partial charge in [0.2, 0.25) is 11.8 Å². The molecule has 0 spiro atoms. The molecule has 0 fully saturated rings. The quantitative estimate of drug-likeness (QED) is 0.283. The zero-order valence-electron chi connectivity index (χ0n) is 14.4. The Balaban J connectivity index is 1.94. The summed E-state index contributed by atoms with van der Waals surface area (Å²) in [6.07, 6.45) is -0.815. The Labute approximate surface area is 163 Å². The average molecular weight is 421 g/mol. The van der Waals surface area contributed by atoms with Crippen molar-refractivity contribution in [2.24, 2.45) is 0 Å². The van der Waals surface area contributed by atoms with Gasteiger partial charge in [0.05, 0.1) is 15.8 Å². The number of carbonyl (C=O) groups is 3. The first-order chi connectivity index (χ1) is 13.6. The molecule has 0 aliphatic carbocycles. The second-order valence-corrected chi connectivity index (χ2v) is 7.15. The predicted molar refractivity (Wildman–Crippen MR) is 95.6 cm³/mol. The van der Waals surface area contributed by atoms with E-state index in [-0.39, 0.29) is 21.8 Å². The minimum Gasteiger partial charge on any atom is -0.545 e. The van der Waals surface area contributed by atoms with E-state index in [2.05, 4.69) is 5.32 Å². The molecule has 0 saturated heterocycles. The Morgan fingerprint density at radius 2 is 1.59 bits per heavy atom. The molecular weight excluding hydrogens is 408 g/mol. The lowest BCUT2D eigenvalue weighted by Gasteiger charge is -2.12. The number of carboxylic acid groups (broad SMARTS) is 1. The van der Waals surface area contributed by atoms with Crippen molar-refractivity contribution in [1.82, 2.24) is 10.3 Å². The van der Waals surface area contributed by atoms with E-state index in [1.54, 1.807) is 4.83 Å². The highest BCUT2D eigenvalue weighted by atomic mass is 32.2. The number of hydrogen-bond donors (Lipinski definition) is 3. The molecule has 152 valence electrons. The number of rotatable bonds is 8. The molecule has 29 heavy (non-hydrogen) atoms. The van der Waals surface area contributed by atoms with Crippen molar-refractivity contribution in [1.29, 1.82) is 0 Å². The normalized spacial score (nSPS) is 10.8. The van der Waals surface area contributed by atoms with Crippen LogP contribution in [0.5, 0.6) is 0 Å². The highest BCUT2D eigenvalue weighted by molar-refractivity contribution is 7.89. The van der Waals surface area contributed by atoms with Crippen molar-refractivity contribution in [3.63, 3.8) is 0 Å². The lowest BCUT2D eigenvalue weighted by molar-refractivity contribution is -0.384. The van der Waals surface area contributed by atoms with E-state index in [1.807, 2.05) is 5.43 Å². The maximum atomic E-state index is 12.0. The van der Waals surface area contributed by atoms with Crippen molar-refractivity contribution in [2.75, 3.05) is 5.32 Å². The number of carboxylic acids is 1. The van der Waals surface area contributed by atoms with E-state index in [9.17, 15) is 38.0 Å². The first kappa shape index (κ1) is 21.5. The molecule has 2 amide bonds. The molecule has 3 N–H and O–H groups in total. The van der Waals surface area contributed by atoms with Crippen LogP contribution in [0.2, 0.25) is 0 Å². The number of nitrogens with one attached hydrogen (secondary N) is 3. The van der Waals surface area contributed by atoms with Gasteiger partial charge in [0, 0.05) is 23.4 Å². The van der Waals surface area contributed by atoms with Crippen LogP contribution in [0.25, 0.3) is 0 Å². The number of hydrogen-bond acceptors (Lipinski definition) is 8. The number of non-ortho nitro benzene ring substituents is 1. The van der Waals surface area contributed by atoms with Gasteiger partial charge in [-0.1, -0.05) is 18.2 Å². The van der Waals surface area contributed by atoms with Gasteiger partial charge in [0.15, 0.2) is 0 Å². The smallest absolute Gasteiger partial charge is 0.269 e. The summed E-state index contributed by atoms with van der Waals surface area (Å²) in [5.41, 5.74) is 1.12. The minimum atomic E-state index is -4.23. The number of amides is 2. The van der Waals surface area contributed by atoms with E-state index in [1.165, 1.54) is 24.3 Å². The first-order valence-electron chi connectivity index (χ1n) is 7.75. The Hall–Kier alpha value is -3.84. The molecule has 0 unspecified atom stereocenters. The number of carbonyl (C=O) groups excluding carboxylic acids is 3. The molecule has 0 saturated carbocycles. The largest absolute Gasteiger partial charge is 0.545 e. The van der Waals surface area contributed by atoms with E-state index in [4.69, 9.17) is 0 Å². The predicted octanol–water partition coefficient (Wildman–Crippen LogP) is -0.703. The van der Waals surface area contributed by atoms with Crippen molar-refractivity contribution in [3.8, 4) is 0 Å². The van der Waals surface area contributed by atoms with Crippen molar-refractivity contribution < 1.29 is 32.8 Å². The summed E-state index contributed by atoms with van der Waals surface area (Å²) in [6.45, 7) is 0. The van der Waals surface area contributed by atoms with Crippen LogP contribution in [-0.2, 0) is 19.6 Å². The first-order valence-corrected chi connectivity index (χ1v) is 9.24. The van der Waals surface area contributed by atoms with Crippen molar-refractivity contribution >= 4 is 39.2 Å². The van der Waals surface area contributed by atoms with Gasteiger partial charge in [-0.25, -0.2) is 8.42 Å². The Morgan fingerprint density at radius 1 is 0.966 bits per heavy atom. The molecule has 0 radical (unpaired) electrons. The second kappa shape index (κ2) is 8.90. The van der Waals surface area contributed by atoms with Crippen LogP contribution in [0.15, 0.2) is 53.4 Å². The van der Waals surface area contributed by atoms with Gasteiger partial charge in [0.25, 0.3) is 15.7 Å². The molecule has 12 nitrogen and oxygen atoms in total. The van der Waals surface area contributed by atoms with Gasteiger partial charge in [0.1, 0.15) is 6.42 Å². The van der Waals surface area contributed by atoms with E-state index < -0.39 is 39.2 Å². The molecule has 0 atom stereocenters. The molecule has 2 aromatic carbocycles.